The number of nitrogens with zero attached hydrogens (tertiary/aromatic N) is 1. The van der Waals surface area contributed by atoms with Gasteiger partial charge in [-0.05, 0) is 25.5 Å². The molecular weight excluding hydrogens is 190 g/mol. The Hall–Kier alpha value is -1.64. The molecule has 0 unspecified atom stereocenters. The Morgan fingerprint density at radius 1 is 1.47 bits per heavy atom. The van der Waals surface area contributed by atoms with Gasteiger partial charge in [0.25, 0.3) is 5.69 Å². The molecule has 0 fully saturated rings. The summed E-state index contributed by atoms with van der Waals surface area (Å²) in [5.41, 5.74) is 2.04. The molecule has 0 radical (unpaired) electrons. The molecule has 1 aromatic rings. The fourth-order valence-corrected chi connectivity index (χ4v) is 1.51. The van der Waals surface area contributed by atoms with Crippen LogP contribution in [0, 0.1) is 10.1 Å². The summed E-state index contributed by atoms with van der Waals surface area (Å²) in [7, 11) is 0. The second-order valence-corrected chi connectivity index (χ2v) is 3.56. The highest BCUT2D eigenvalue weighted by Crippen LogP contribution is 2.21. The van der Waals surface area contributed by atoms with E-state index < -0.39 is 0 Å². The summed E-state index contributed by atoms with van der Waals surface area (Å²) >= 11 is 0. The van der Waals surface area contributed by atoms with E-state index in [0.717, 1.165) is 12.8 Å². The molecule has 0 N–H and O–H groups in total. The number of hydrogen-bond donors (Lipinski definition) is 0. The standard InChI is InChI=1S/C12H15NO2/c1-3-6-10(2)9-11-7-4-5-8-12(11)13(14)15/h4-5,7-9H,3,6H2,1-2H3. The second kappa shape index (κ2) is 5.29. The Morgan fingerprint density at radius 3 is 2.73 bits per heavy atom. The smallest absolute Gasteiger partial charge is 0.258 e. The van der Waals surface area contributed by atoms with Crippen LogP contribution in [0.25, 0.3) is 6.08 Å². The first kappa shape index (κ1) is 11.4. The van der Waals surface area contributed by atoms with Crippen molar-refractivity contribution in [1.29, 1.82) is 0 Å². The molecular formula is C12H15NO2. The average molecular weight is 205 g/mol. The zero-order valence-corrected chi connectivity index (χ0v) is 9.06. The number of para-hydroxylation sites is 1. The Balaban J connectivity index is 3.03. The number of allylic oxidation sites excluding steroid dienone is 1. The van der Waals surface area contributed by atoms with Gasteiger partial charge in [-0.3, -0.25) is 10.1 Å². The molecule has 3 nitrogen and oxygen atoms in total. The highest BCUT2D eigenvalue weighted by molar-refractivity contribution is 5.62. The van der Waals surface area contributed by atoms with Crippen LogP contribution in [0.5, 0.6) is 0 Å². The summed E-state index contributed by atoms with van der Waals surface area (Å²) in [6, 6.07) is 6.81. The van der Waals surface area contributed by atoms with Gasteiger partial charge in [0.05, 0.1) is 10.5 Å². The minimum absolute atomic E-state index is 0.174. The van der Waals surface area contributed by atoms with E-state index in [-0.39, 0.29) is 10.6 Å². The largest absolute Gasteiger partial charge is 0.276 e. The van der Waals surface area contributed by atoms with Gasteiger partial charge in [-0.1, -0.05) is 31.1 Å². The topological polar surface area (TPSA) is 43.1 Å². The van der Waals surface area contributed by atoms with Gasteiger partial charge in [-0.15, -0.1) is 0 Å². The molecule has 1 rings (SSSR count). The fraction of sp³-hybridized carbons (Fsp3) is 0.333. The van der Waals surface area contributed by atoms with Crippen LogP contribution in [0.4, 0.5) is 5.69 Å². The maximum atomic E-state index is 10.7. The first-order valence-corrected chi connectivity index (χ1v) is 5.05. The van der Waals surface area contributed by atoms with Crippen molar-refractivity contribution < 1.29 is 4.92 Å². The van der Waals surface area contributed by atoms with Crippen molar-refractivity contribution in [3.05, 3.63) is 45.5 Å². The Labute approximate surface area is 89.6 Å². The van der Waals surface area contributed by atoms with E-state index >= 15 is 0 Å². The lowest BCUT2D eigenvalue weighted by Crippen LogP contribution is -1.91. The molecule has 0 spiro atoms. The summed E-state index contributed by atoms with van der Waals surface area (Å²) < 4.78 is 0. The molecule has 0 amide bonds. The van der Waals surface area contributed by atoms with Crippen LogP contribution >= 0.6 is 0 Å². The maximum absolute atomic E-state index is 10.7. The molecule has 80 valence electrons. The van der Waals surface area contributed by atoms with Gasteiger partial charge in [-0.2, -0.15) is 0 Å². The number of hydrogen-bond acceptors (Lipinski definition) is 2. The van der Waals surface area contributed by atoms with E-state index in [1.807, 2.05) is 19.1 Å². The summed E-state index contributed by atoms with van der Waals surface area (Å²) in [6.45, 7) is 4.09. The van der Waals surface area contributed by atoms with E-state index in [9.17, 15) is 10.1 Å². The monoisotopic (exact) mass is 205 g/mol. The van der Waals surface area contributed by atoms with Gasteiger partial charge in [-0.25, -0.2) is 0 Å². The number of nitro benzene ring substituents is 1. The van der Waals surface area contributed by atoms with Crippen molar-refractivity contribution in [2.45, 2.75) is 26.7 Å². The highest BCUT2D eigenvalue weighted by Gasteiger charge is 2.09. The van der Waals surface area contributed by atoms with Gasteiger partial charge in [0.15, 0.2) is 0 Å². The lowest BCUT2D eigenvalue weighted by molar-refractivity contribution is -0.385. The van der Waals surface area contributed by atoms with Crippen molar-refractivity contribution in [2.75, 3.05) is 0 Å². The molecule has 0 aliphatic heterocycles. The van der Waals surface area contributed by atoms with Crippen LogP contribution in [0.15, 0.2) is 29.8 Å². The molecule has 3 heteroatoms. The maximum Gasteiger partial charge on any atom is 0.276 e. The van der Waals surface area contributed by atoms with Gasteiger partial charge < -0.3 is 0 Å². The molecule has 0 saturated carbocycles. The normalized spacial score (nSPS) is 11.5. The van der Waals surface area contributed by atoms with Crippen LogP contribution in [0.2, 0.25) is 0 Å². The van der Waals surface area contributed by atoms with Gasteiger partial charge >= 0.3 is 0 Å². The summed E-state index contributed by atoms with van der Waals surface area (Å²) in [5.74, 6) is 0. The van der Waals surface area contributed by atoms with E-state index in [4.69, 9.17) is 0 Å². The van der Waals surface area contributed by atoms with Crippen molar-refractivity contribution >= 4 is 11.8 Å². The van der Waals surface area contributed by atoms with Crippen molar-refractivity contribution in [3.8, 4) is 0 Å². The van der Waals surface area contributed by atoms with Gasteiger partial charge in [0, 0.05) is 6.07 Å². The fourth-order valence-electron chi connectivity index (χ4n) is 1.51. The number of benzene rings is 1. The zero-order valence-electron chi connectivity index (χ0n) is 9.06. The van der Waals surface area contributed by atoms with Crippen molar-refractivity contribution in [3.63, 3.8) is 0 Å². The lowest BCUT2D eigenvalue weighted by atomic mass is 10.1. The third kappa shape index (κ3) is 3.20. The second-order valence-electron chi connectivity index (χ2n) is 3.56. The number of rotatable bonds is 4. The molecule has 0 aromatic heterocycles. The molecule has 0 aliphatic rings. The third-order valence-corrected chi connectivity index (χ3v) is 2.18. The summed E-state index contributed by atoms with van der Waals surface area (Å²) in [5, 5.41) is 10.7. The minimum Gasteiger partial charge on any atom is -0.258 e. The molecule has 0 aliphatic carbocycles. The predicted octanol–water partition coefficient (Wildman–Crippen LogP) is 3.80. The van der Waals surface area contributed by atoms with Crippen LogP contribution in [-0.2, 0) is 0 Å². The third-order valence-electron chi connectivity index (χ3n) is 2.18. The van der Waals surface area contributed by atoms with E-state index in [2.05, 4.69) is 6.92 Å². The van der Waals surface area contributed by atoms with Gasteiger partial charge in [0.1, 0.15) is 0 Å². The summed E-state index contributed by atoms with van der Waals surface area (Å²) in [6.07, 6.45) is 3.93. The van der Waals surface area contributed by atoms with Crippen LogP contribution in [-0.4, -0.2) is 4.92 Å². The summed E-state index contributed by atoms with van der Waals surface area (Å²) in [4.78, 5) is 10.4. The Kier molecular flexibility index (Phi) is 4.03. The molecule has 0 saturated heterocycles. The average Bonchev–Trinajstić information content (AvgIpc) is 2.18. The Morgan fingerprint density at radius 2 is 2.13 bits per heavy atom. The SMILES string of the molecule is CCCC(C)=Cc1ccccc1[N+](=O)[O-]. The minimum atomic E-state index is -0.342. The quantitative estimate of drug-likeness (QED) is 0.554. The molecule has 0 atom stereocenters. The zero-order chi connectivity index (χ0) is 11.3. The van der Waals surface area contributed by atoms with E-state index in [0.29, 0.717) is 5.56 Å². The Bertz CT molecular complexity index is 383. The highest BCUT2D eigenvalue weighted by atomic mass is 16.6. The van der Waals surface area contributed by atoms with Crippen LogP contribution in [0.3, 0.4) is 0 Å². The lowest BCUT2D eigenvalue weighted by Gasteiger charge is -2.00. The number of nitro groups is 1. The van der Waals surface area contributed by atoms with E-state index in [1.165, 1.54) is 11.6 Å². The predicted molar refractivity (Wildman–Crippen MR) is 61.7 cm³/mol. The van der Waals surface area contributed by atoms with E-state index in [1.54, 1.807) is 12.1 Å². The molecule has 0 bridgehead atoms. The first-order valence-electron chi connectivity index (χ1n) is 5.05. The van der Waals surface area contributed by atoms with Crippen molar-refractivity contribution in [2.24, 2.45) is 0 Å². The molecule has 0 heterocycles. The first-order chi connectivity index (χ1) is 7.15. The molecule has 1 aromatic carbocycles. The van der Waals surface area contributed by atoms with Crippen LogP contribution in [0.1, 0.15) is 32.3 Å². The van der Waals surface area contributed by atoms with Gasteiger partial charge in [0.2, 0.25) is 0 Å². The van der Waals surface area contributed by atoms with Crippen LogP contribution < -0.4 is 0 Å². The van der Waals surface area contributed by atoms with Crippen molar-refractivity contribution in [1.82, 2.24) is 0 Å². The molecule has 15 heavy (non-hydrogen) atoms.